The highest BCUT2D eigenvalue weighted by Gasteiger charge is 2.39. The number of fused-ring (bicyclic) bond motifs is 2. The first kappa shape index (κ1) is 16.7. The molecule has 7 heteroatoms. The van der Waals surface area contributed by atoms with Gasteiger partial charge < -0.3 is 10.2 Å². The van der Waals surface area contributed by atoms with Crippen LogP contribution >= 0.6 is 12.4 Å². The summed E-state index contributed by atoms with van der Waals surface area (Å²) < 4.78 is 0. The van der Waals surface area contributed by atoms with Crippen molar-refractivity contribution in [3.8, 4) is 0 Å². The molecule has 1 aromatic heterocycles. The summed E-state index contributed by atoms with van der Waals surface area (Å²) in [6.07, 6.45) is 4.44. The van der Waals surface area contributed by atoms with Gasteiger partial charge in [0.05, 0.1) is 0 Å². The summed E-state index contributed by atoms with van der Waals surface area (Å²) in [7, 11) is 0. The molecule has 0 radical (unpaired) electrons. The van der Waals surface area contributed by atoms with E-state index in [1.165, 1.54) is 19.4 Å². The van der Waals surface area contributed by atoms with Gasteiger partial charge in [-0.25, -0.2) is 0 Å². The van der Waals surface area contributed by atoms with E-state index in [2.05, 4.69) is 32.2 Å². The minimum absolute atomic E-state index is 0. The van der Waals surface area contributed by atoms with E-state index in [-0.39, 0.29) is 18.3 Å². The maximum absolute atomic E-state index is 13.1. The average molecular weight is 340 g/mol. The summed E-state index contributed by atoms with van der Waals surface area (Å²) in [6, 6.07) is 0.880. The van der Waals surface area contributed by atoms with Crippen LogP contribution in [0.2, 0.25) is 0 Å². The number of hydrogen-bond donors (Lipinski definition) is 2. The Labute approximate surface area is 143 Å². The molecule has 23 heavy (non-hydrogen) atoms. The smallest absolute Gasteiger partial charge is 0.275 e. The summed E-state index contributed by atoms with van der Waals surface area (Å²) in [6.45, 7) is 6.99. The van der Waals surface area contributed by atoms with Gasteiger partial charge in [-0.1, -0.05) is 6.92 Å². The second-order valence-electron chi connectivity index (χ2n) is 6.77. The van der Waals surface area contributed by atoms with Crippen molar-refractivity contribution in [3.63, 3.8) is 0 Å². The molecule has 0 bridgehead atoms. The molecule has 6 nitrogen and oxygen atoms in total. The number of carbonyl (C=O) groups is 1. The number of halogens is 1. The van der Waals surface area contributed by atoms with Crippen molar-refractivity contribution in [2.75, 3.05) is 26.2 Å². The molecule has 2 N–H and O–H groups in total. The van der Waals surface area contributed by atoms with E-state index in [9.17, 15) is 4.79 Å². The summed E-state index contributed by atoms with van der Waals surface area (Å²) in [4.78, 5) is 17.8. The largest absolute Gasteiger partial charge is 0.331 e. The lowest BCUT2D eigenvalue weighted by atomic mass is 10.0. The summed E-state index contributed by atoms with van der Waals surface area (Å²) in [5.41, 5.74) is 2.86. The number of amides is 1. The van der Waals surface area contributed by atoms with Gasteiger partial charge in [-0.3, -0.25) is 14.8 Å². The molecule has 2 saturated heterocycles. The van der Waals surface area contributed by atoms with Crippen molar-refractivity contribution < 1.29 is 4.79 Å². The number of aromatic nitrogens is 2. The molecule has 0 aliphatic carbocycles. The Hall–Kier alpha value is -1.11. The summed E-state index contributed by atoms with van der Waals surface area (Å²) in [5, 5.41) is 10.8. The van der Waals surface area contributed by atoms with Crippen LogP contribution in [0.25, 0.3) is 0 Å². The lowest BCUT2D eigenvalue weighted by molar-refractivity contribution is 0.0339. The minimum atomic E-state index is 0. The Balaban J connectivity index is 0.00000156. The van der Waals surface area contributed by atoms with Gasteiger partial charge in [0.2, 0.25) is 0 Å². The van der Waals surface area contributed by atoms with E-state index in [1.54, 1.807) is 0 Å². The number of piperazine rings is 1. The van der Waals surface area contributed by atoms with Gasteiger partial charge in [0.15, 0.2) is 5.69 Å². The predicted octanol–water partition coefficient (Wildman–Crippen LogP) is 1.18. The highest BCUT2D eigenvalue weighted by molar-refractivity contribution is 5.94. The van der Waals surface area contributed by atoms with Crippen LogP contribution in [0.15, 0.2) is 0 Å². The number of H-pyrrole nitrogens is 1. The van der Waals surface area contributed by atoms with Crippen molar-refractivity contribution in [1.82, 2.24) is 25.3 Å². The maximum Gasteiger partial charge on any atom is 0.275 e. The molecule has 0 saturated carbocycles. The fourth-order valence-corrected chi connectivity index (χ4v) is 4.22. The number of nitrogens with zero attached hydrogens (tertiary/aromatic N) is 3. The molecule has 3 aliphatic heterocycles. The highest BCUT2D eigenvalue weighted by Crippen LogP contribution is 2.28. The quantitative estimate of drug-likeness (QED) is 0.849. The molecule has 4 rings (SSSR count). The Kier molecular flexibility index (Phi) is 4.94. The SMILES string of the molecule is CCC1CN2CCCC2CN1C(=O)c1n[nH]c2c1CNCC2.Cl. The molecule has 0 spiro atoms. The molecule has 1 aromatic rings. The van der Waals surface area contributed by atoms with Gasteiger partial charge in [0, 0.05) is 55.9 Å². The van der Waals surface area contributed by atoms with Crippen LogP contribution in [0.4, 0.5) is 0 Å². The maximum atomic E-state index is 13.1. The first-order valence-corrected chi connectivity index (χ1v) is 8.59. The molecule has 2 unspecified atom stereocenters. The molecule has 2 fully saturated rings. The highest BCUT2D eigenvalue weighted by atomic mass is 35.5. The number of rotatable bonds is 2. The third-order valence-electron chi connectivity index (χ3n) is 5.53. The van der Waals surface area contributed by atoms with Crippen LogP contribution in [0.3, 0.4) is 0 Å². The van der Waals surface area contributed by atoms with E-state index in [4.69, 9.17) is 0 Å². The fourth-order valence-electron chi connectivity index (χ4n) is 4.22. The molecular formula is C16H26ClN5O. The standard InChI is InChI=1S/C16H25N5O.ClH/c1-2-11-9-20-7-3-4-12(20)10-21(11)16(22)15-13-8-17-6-5-14(13)18-19-15;/h11-12,17H,2-10H2,1H3,(H,18,19);1H. The Morgan fingerprint density at radius 3 is 3.09 bits per heavy atom. The molecular weight excluding hydrogens is 314 g/mol. The first-order chi connectivity index (χ1) is 10.8. The van der Waals surface area contributed by atoms with Crippen LogP contribution in [0, 0.1) is 0 Å². The van der Waals surface area contributed by atoms with Crippen LogP contribution in [-0.4, -0.2) is 64.2 Å². The summed E-state index contributed by atoms with van der Waals surface area (Å²) >= 11 is 0. The van der Waals surface area contributed by atoms with Gasteiger partial charge in [0.25, 0.3) is 5.91 Å². The third-order valence-corrected chi connectivity index (χ3v) is 5.53. The number of hydrogen-bond acceptors (Lipinski definition) is 4. The average Bonchev–Trinajstić information content (AvgIpc) is 3.19. The normalized spacial score (nSPS) is 27.3. The van der Waals surface area contributed by atoms with Gasteiger partial charge >= 0.3 is 0 Å². The lowest BCUT2D eigenvalue weighted by Crippen LogP contribution is -2.57. The van der Waals surface area contributed by atoms with Crippen molar-refractivity contribution in [1.29, 1.82) is 0 Å². The van der Waals surface area contributed by atoms with Crippen molar-refractivity contribution in [2.45, 2.75) is 51.2 Å². The second kappa shape index (κ2) is 6.79. The number of carbonyl (C=O) groups excluding carboxylic acids is 1. The Morgan fingerprint density at radius 2 is 2.26 bits per heavy atom. The van der Waals surface area contributed by atoms with E-state index in [0.717, 1.165) is 50.3 Å². The third kappa shape index (κ3) is 2.88. The van der Waals surface area contributed by atoms with Crippen LogP contribution in [0.1, 0.15) is 47.9 Å². The zero-order valence-corrected chi connectivity index (χ0v) is 14.5. The van der Waals surface area contributed by atoms with Crippen molar-refractivity contribution in [2.24, 2.45) is 0 Å². The van der Waals surface area contributed by atoms with Gasteiger partial charge in [0.1, 0.15) is 0 Å². The fraction of sp³-hybridized carbons (Fsp3) is 0.750. The van der Waals surface area contributed by atoms with E-state index >= 15 is 0 Å². The number of aromatic amines is 1. The molecule has 0 aromatic carbocycles. The predicted molar refractivity (Wildman–Crippen MR) is 91.0 cm³/mol. The zero-order valence-electron chi connectivity index (χ0n) is 13.7. The van der Waals surface area contributed by atoms with Gasteiger partial charge in [-0.15, -0.1) is 12.4 Å². The van der Waals surface area contributed by atoms with Crippen LogP contribution in [-0.2, 0) is 13.0 Å². The van der Waals surface area contributed by atoms with Gasteiger partial charge in [-0.2, -0.15) is 5.10 Å². The van der Waals surface area contributed by atoms with Crippen molar-refractivity contribution in [3.05, 3.63) is 17.0 Å². The van der Waals surface area contributed by atoms with E-state index < -0.39 is 0 Å². The molecule has 4 heterocycles. The Morgan fingerprint density at radius 1 is 1.39 bits per heavy atom. The number of nitrogens with one attached hydrogen (secondary N) is 2. The molecule has 128 valence electrons. The monoisotopic (exact) mass is 339 g/mol. The molecule has 1 amide bonds. The van der Waals surface area contributed by atoms with E-state index in [1.807, 2.05) is 0 Å². The zero-order chi connectivity index (χ0) is 15.1. The van der Waals surface area contributed by atoms with Crippen molar-refractivity contribution >= 4 is 18.3 Å². The first-order valence-electron chi connectivity index (χ1n) is 8.59. The molecule has 3 aliphatic rings. The minimum Gasteiger partial charge on any atom is -0.331 e. The van der Waals surface area contributed by atoms with E-state index in [0.29, 0.717) is 17.8 Å². The second-order valence-corrected chi connectivity index (χ2v) is 6.77. The topological polar surface area (TPSA) is 64.3 Å². The molecule has 2 atom stereocenters. The van der Waals surface area contributed by atoms with Gasteiger partial charge in [-0.05, 0) is 25.8 Å². The lowest BCUT2D eigenvalue weighted by Gasteiger charge is -2.43. The summed E-state index contributed by atoms with van der Waals surface area (Å²) in [5.74, 6) is 0.125. The Bertz CT molecular complexity index is 575. The van der Waals surface area contributed by atoms with Crippen LogP contribution < -0.4 is 5.32 Å². The van der Waals surface area contributed by atoms with Crippen LogP contribution in [0.5, 0.6) is 0 Å².